The Balaban J connectivity index is 2.51. The molecule has 0 radical (unpaired) electrons. The third-order valence-electron chi connectivity index (χ3n) is 1.93. The molecule has 0 amide bonds. The molecule has 0 saturated heterocycles. The fourth-order valence-corrected chi connectivity index (χ4v) is 1.37. The van der Waals surface area contributed by atoms with Crippen LogP contribution in [0.2, 0.25) is 0 Å². The Morgan fingerprint density at radius 3 is 2.93 bits per heavy atom. The highest BCUT2D eigenvalue weighted by molar-refractivity contribution is 9.10. The molecule has 1 rings (SSSR count). The first kappa shape index (κ1) is 11.2. The molecule has 0 aliphatic heterocycles. The lowest BCUT2D eigenvalue weighted by molar-refractivity contribution is -0.137. The van der Waals surface area contributed by atoms with Gasteiger partial charge in [0.2, 0.25) is 0 Å². The van der Waals surface area contributed by atoms with Crippen molar-refractivity contribution >= 4 is 21.9 Å². The first-order chi connectivity index (χ1) is 6.59. The molecule has 0 fully saturated rings. The molecule has 0 spiro atoms. The minimum Gasteiger partial charge on any atom is -0.481 e. The molecule has 1 aromatic heterocycles. The standard InChI is InChI=1S/C10H12BrNO2/c1-7-5-8(12-6-9(7)11)3-2-4-10(13)14/h5-6H,2-4H2,1H3,(H,13,14). The van der Waals surface area contributed by atoms with Crippen LogP contribution in [0.25, 0.3) is 0 Å². The lowest BCUT2D eigenvalue weighted by Gasteiger charge is -2.02. The maximum absolute atomic E-state index is 10.3. The molecule has 1 heterocycles. The van der Waals surface area contributed by atoms with E-state index in [1.165, 1.54) is 0 Å². The molecule has 1 N–H and O–H groups in total. The summed E-state index contributed by atoms with van der Waals surface area (Å²) in [6, 6.07) is 1.98. The van der Waals surface area contributed by atoms with Gasteiger partial charge in [-0.2, -0.15) is 0 Å². The zero-order valence-electron chi connectivity index (χ0n) is 7.96. The van der Waals surface area contributed by atoms with E-state index in [2.05, 4.69) is 20.9 Å². The Morgan fingerprint density at radius 1 is 1.64 bits per heavy atom. The van der Waals surface area contributed by atoms with Crippen LogP contribution in [0.15, 0.2) is 16.7 Å². The van der Waals surface area contributed by atoms with E-state index in [9.17, 15) is 4.79 Å². The summed E-state index contributed by atoms with van der Waals surface area (Å²) in [6.45, 7) is 1.99. The van der Waals surface area contributed by atoms with Crippen LogP contribution < -0.4 is 0 Å². The second kappa shape index (κ2) is 5.10. The number of rotatable bonds is 4. The van der Waals surface area contributed by atoms with Crippen molar-refractivity contribution in [2.75, 3.05) is 0 Å². The number of aliphatic carboxylic acids is 1. The predicted molar refractivity (Wildman–Crippen MR) is 57.2 cm³/mol. The summed E-state index contributed by atoms with van der Waals surface area (Å²) in [4.78, 5) is 14.5. The van der Waals surface area contributed by atoms with Gasteiger partial charge in [-0.1, -0.05) is 0 Å². The molecule has 76 valence electrons. The highest BCUT2D eigenvalue weighted by Crippen LogP contribution is 2.15. The second-order valence-electron chi connectivity index (χ2n) is 3.17. The van der Waals surface area contributed by atoms with Crippen LogP contribution in [0.1, 0.15) is 24.1 Å². The molecule has 1 aromatic rings. The van der Waals surface area contributed by atoms with Gasteiger partial charge >= 0.3 is 5.97 Å². The SMILES string of the molecule is Cc1cc(CCCC(=O)O)ncc1Br. The monoisotopic (exact) mass is 257 g/mol. The Hall–Kier alpha value is -0.900. The molecule has 3 nitrogen and oxygen atoms in total. The summed E-state index contributed by atoms with van der Waals surface area (Å²) in [5.41, 5.74) is 2.08. The number of carbonyl (C=O) groups is 1. The van der Waals surface area contributed by atoms with Crippen molar-refractivity contribution in [2.24, 2.45) is 0 Å². The van der Waals surface area contributed by atoms with E-state index in [1.54, 1.807) is 6.20 Å². The van der Waals surface area contributed by atoms with Gasteiger partial charge in [0.1, 0.15) is 0 Å². The van der Waals surface area contributed by atoms with E-state index in [0.29, 0.717) is 6.42 Å². The minimum absolute atomic E-state index is 0.205. The first-order valence-electron chi connectivity index (χ1n) is 4.42. The minimum atomic E-state index is -0.751. The summed E-state index contributed by atoms with van der Waals surface area (Å²) >= 11 is 3.36. The normalized spacial score (nSPS) is 10.1. The summed E-state index contributed by atoms with van der Waals surface area (Å²) in [5.74, 6) is -0.751. The zero-order chi connectivity index (χ0) is 10.6. The number of halogens is 1. The topological polar surface area (TPSA) is 50.2 Å². The smallest absolute Gasteiger partial charge is 0.303 e. The molecule has 0 unspecified atom stereocenters. The highest BCUT2D eigenvalue weighted by Gasteiger charge is 2.01. The van der Waals surface area contributed by atoms with Gasteiger partial charge in [-0.25, -0.2) is 0 Å². The quantitative estimate of drug-likeness (QED) is 0.902. The lowest BCUT2D eigenvalue weighted by atomic mass is 10.1. The average molecular weight is 258 g/mol. The summed E-state index contributed by atoms with van der Waals surface area (Å²) < 4.78 is 0.986. The molecule has 4 heteroatoms. The van der Waals surface area contributed by atoms with Gasteiger partial charge in [-0.05, 0) is 47.3 Å². The maximum atomic E-state index is 10.3. The molecule has 0 atom stereocenters. The number of hydrogen-bond donors (Lipinski definition) is 1. The third kappa shape index (κ3) is 3.46. The van der Waals surface area contributed by atoms with Crippen LogP contribution in [0, 0.1) is 6.92 Å². The van der Waals surface area contributed by atoms with E-state index < -0.39 is 5.97 Å². The third-order valence-corrected chi connectivity index (χ3v) is 2.76. The van der Waals surface area contributed by atoms with Crippen molar-refractivity contribution in [1.82, 2.24) is 4.98 Å². The predicted octanol–water partition coefficient (Wildman–Crippen LogP) is 2.56. The number of pyridine rings is 1. The number of carboxylic acid groups (broad SMARTS) is 1. The highest BCUT2D eigenvalue weighted by atomic mass is 79.9. The van der Waals surface area contributed by atoms with Crippen LogP contribution in [-0.2, 0) is 11.2 Å². The van der Waals surface area contributed by atoms with Crippen LogP contribution in [0.3, 0.4) is 0 Å². The van der Waals surface area contributed by atoms with Gasteiger partial charge in [0.25, 0.3) is 0 Å². The van der Waals surface area contributed by atoms with E-state index in [1.807, 2.05) is 13.0 Å². The molecule has 0 aromatic carbocycles. The van der Waals surface area contributed by atoms with Crippen molar-refractivity contribution in [3.05, 3.63) is 28.0 Å². The number of aromatic nitrogens is 1. The zero-order valence-corrected chi connectivity index (χ0v) is 9.54. The van der Waals surface area contributed by atoms with Gasteiger partial charge < -0.3 is 5.11 Å². The van der Waals surface area contributed by atoms with Gasteiger partial charge in [-0.15, -0.1) is 0 Å². The maximum Gasteiger partial charge on any atom is 0.303 e. The van der Waals surface area contributed by atoms with Crippen LogP contribution in [0.4, 0.5) is 0 Å². The van der Waals surface area contributed by atoms with Crippen molar-refractivity contribution < 1.29 is 9.90 Å². The van der Waals surface area contributed by atoms with E-state index in [0.717, 1.165) is 22.2 Å². The molecular weight excluding hydrogens is 246 g/mol. The van der Waals surface area contributed by atoms with E-state index >= 15 is 0 Å². The summed E-state index contributed by atoms with van der Waals surface area (Å²) in [6.07, 6.45) is 3.33. The molecule has 0 bridgehead atoms. The fraction of sp³-hybridized carbons (Fsp3) is 0.400. The fourth-order valence-electron chi connectivity index (χ4n) is 1.15. The largest absolute Gasteiger partial charge is 0.481 e. The number of carboxylic acids is 1. The molecular formula is C10H12BrNO2. The van der Waals surface area contributed by atoms with Crippen molar-refractivity contribution in [2.45, 2.75) is 26.2 Å². The van der Waals surface area contributed by atoms with Gasteiger partial charge in [0.05, 0.1) is 0 Å². The van der Waals surface area contributed by atoms with E-state index in [4.69, 9.17) is 5.11 Å². The Labute approximate surface area is 91.3 Å². The molecule has 14 heavy (non-hydrogen) atoms. The van der Waals surface area contributed by atoms with Crippen molar-refractivity contribution in [3.8, 4) is 0 Å². The first-order valence-corrected chi connectivity index (χ1v) is 5.21. The van der Waals surface area contributed by atoms with Crippen LogP contribution in [-0.4, -0.2) is 16.1 Å². The van der Waals surface area contributed by atoms with E-state index in [-0.39, 0.29) is 6.42 Å². The van der Waals surface area contributed by atoms with Crippen LogP contribution in [0.5, 0.6) is 0 Å². The summed E-state index contributed by atoms with van der Waals surface area (Å²) in [7, 11) is 0. The summed E-state index contributed by atoms with van der Waals surface area (Å²) in [5, 5.41) is 8.46. The molecule has 0 aliphatic rings. The van der Waals surface area contributed by atoms with Gasteiger partial charge in [0, 0.05) is 22.8 Å². The Bertz CT molecular complexity index is 339. The molecule has 0 saturated carbocycles. The van der Waals surface area contributed by atoms with Gasteiger partial charge in [-0.3, -0.25) is 9.78 Å². The van der Waals surface area contributed by atoms with Crippen molar-refractivity contribution in [1.29, 1.82) is 0 Å². The second-order valence-corrected chi connectivity index (χ2v) is 4.03. The van der Waals surface area contributed by atoms with Crippen molar-refractivity contribution in [3.63, 3.8) is 0 Å². The Kier molecular flexibility index (Phi) is 4.07. The molecule has 0 aliphatic carbocycles. The number of nitrogens with zero attached hydrogens (tertiary/aromatic N) is 1. The lowest BCUT2D eigenvalue weighted by Crippen LogP contribution is -1.97. The average Bonchev–Trinajstić information content (AvgIpc) is 2.10. The number of hydrogen-bond acceptors (Lipinski definition) is 2. The Morgan fingerprint density at radius 2 is 2.36 bits per heavy atom. The van der Waals surface area contributed by atoms with Crippen LogP contribution >= 0.6 is 15.9 Å². The number of aryl methyl sites for hydroxylation is 2. The van der Waals surface area contributed by atoms with Gasteiger partial charge in [0.15, 0.2) is 0 Å².